The molecule has 0 aromatic carbocycles. The summed E-state index contributed by atoms with van der Waals surface area (Å²) in [6.45, 7) is 0.503. The topological polar surface area (TPSA) is 63.3 Å². The van der Waals surface area contributed by atoms with Gasteiger partial charge in [0.2, 0.25) is 0 Å². The van der Waals surface area contributed by atoms with Gasteiger partial charge in [-0.2, -0.15) is 0 Å². The molecule has 0 spiro atoms. The first-order valence-corrected chi connectivity index (χ1v) is 6.96. The predicted molar refractivity (Wildman–Crippen MR) is 70.0 cm³/mol. The zero-order valence-corrected chi connectivity index (χ0v) is 10.7. The molecule has 18 heavy (non-hydrogen) atoms. The van der Waals surface area contributed by atoms with Gasteiger partial charge in [-0.15, -0.1) is 0 Å². The first kappa shape index (κ1) is 12.0. The summed E-state index contributed by atoms with van der Waals surface area (Å²) < 4.78 is 0. The quantitative estimate of drug-likeness (QED) is 0.802. The van der Waals surface area contributed by atoms with E-state index in [1.807, 2.05) is 0 Å². The summed E-state index contributed by atoms with van der Waals surface area (Å²) in [6, 6.07) is 0. The van der Waals surface area contributed by atoms with Gasteiger partial charge in [0, 0.05) is 0 Å². The van der Waals surface area contributed by atoms with Crippen molar-refractivity contribution in [2.24, 2.45) is 23.0 Å². The number of rotatable bonds is 4. The molecule has 3 aliphatic rings. The molecule has 0 bridgehead atoms. The summed E-state index contributed by atoms with van der Waals surface area (Å²) in [5.74, 6) is 0.361. The highest BCUT2D eigenvalue weighted by Gasteiger charge is 2.55. The highest BCUT2D eigenvalue weighted by molar-refractivity contribution is 5.68. The fourth-order valence-electron chi connectivity index (χ4n) is 4.19. The molecular weight excluding hydrogens is 226 g/mol. The Labute approximate surface area is 108 Å². The summed E-state index contributed by atoms with van der Waals surface area (Å²) in [6.07, 6.45) is 10.8. The van der Waals surface area contributed by atoms with Crippen molar-refractivity contribution in [1.82, 2.24) is 0 Å². The predicted octanol–water partition coefficient (Wildman–Crippen LogP) is 2.48. The van der Waals surface area contributed by atoms with Gasteiger partial charge >= 0.3 is 5.97 Å². The Bertz CT molecular complexity index is 438. The van der Waals surface area contributed by atoms with Gasteiger partial charge < -0.3 is 10.8 Å². The van der Waals surface area contributed by atoms with E-state index in [2.05, 4.69) is 12.2 Å². The van der Waals surface area contributed by atoms with Gasteiger partial charge in [0.1, 0.15) is 0 Å². The van der Waals surface area contributed by atoms with Gasteiger partial charge in [-0.1, -0.05) is 12.2 Å². The lowest BCUT2D eigenvalue weighted by Gasteiger charge is -2.51. The molecule has 0 unspecified atom stereocenters. The van der Waals surface area contributed by atoms with Gasteiger partial charge in [-0.05, 0) is 67.0 Å². The molecule has 0 aromatic rings. The zero-order valence-electron chi connectivity index (χ0n) is 10.7. The number of nitrogens with two attached hydrogens (primary N) is 1. The van der Waals surface area contributed by atoms with Crippen molar-refractivity contribution in [3.8, 4) is 0 Å². The number of hydrogen-bond donors (Lipinski definition) is 2. The molecule has 0 aromatic heterocycles. The maximum absolute atomic E-state index is 11.0. The van der Waals surface area contributed by atoms with Crippen LogP contribution in [0.25, 0.3) is 0 Å². The second-order valence-electron chi connectivity index (χ2n) is 6.14. The van der Waals surface area contributed by atoms with Crippen LogP contribution in [0.3, 0.4) is 0 Å². The number of carboxylic acids is 1. The normalized spacial score (nSPS) is 37.8. The third-order valence-electron chi connectivity index (χ3n) is 5.11. The van der Waals surface area contributed by atoms with Crippen LogP contribution in [0, 0.1) is 17.3 Å². The van der Waals surface area contributed by atoms with Gasteiger partial charge in [-0.3, -0.25) is 4.79 Å². The largest absolute Gasteiger partial charge is 0.481 e. The molecule has 3 heteroatoms. The molecule has 3 N–H and O–H groups in total. The summed E-state index contributed by atoms with van der Waals surface area (Å²) in [5.41, 5.74) is 8.72. The summed E-state index contributed by atoms with van der Waals surface area (Å²) in [4.78, 5) is 11.0. The highest BCUT2D eigenvalue weighted by Crippen LogP contribution is 2.60. The summed E-state index contributed by atoms with van der Waals surface area (Å²) in [7, 11) is 0. The third kappa shape index (κ3) is 1.72. The van der Waals surface area contributed by atoms with E-state index in [1.165, 1.54) is 30.4 Å². The SMILES string of the molecule is NC[C@@]1(CC(=O)O)C[C@@H]2CC(C3=CCCC3)=C[C@@H]21. The van der Waals surface area contributed by atoms with E-state index in [-0.39, 0.29) is 11.8 Å². The van der Waals surface area contributed by atoms with Crippen LogP contribution in [-0.2, 0) is 4.79 Å². The lowest BCUT2D eigenvalue weighted by molar-refractivity contribution is -0.144. The van der Waals surface area contributed by atoms with Gasteiger partial charge in [0.15, 0.2) is 0 Å². The van der Waals surface area contributed by atoms with E-state index < -0.39 is 5.97 Å². The van der Waals surface area contributed by atoms with Crippen LogP contribution in [0.1, 0.15) is 38.5 Å². The summed E-state index contributed by atoms with van der Waals surface area (Å²) in [5, 5.41) is 9.05. The Morgan fingerprint density at radius 3 is 2.94 bits per heavy atom. The van der Waals surface area contributed by atoms with E-state index in [1.54, 1.807) is 0 Å². The fraction of sp³-hybridized carbons (Fsp3) is 0.667. The Morgan fingerprint density at radius 1 is 1.50 bits per heavy atom. The second kappa shape index (κ2) is 4.23. The van der Waals surface area contributed by atoms with E-state index >= 15 is 0 Å². The molecule has 1 saturated carbocycles. The average molecular weight is 247 g/mol. The van der Waals surface area contributed by atoms with E-state index in [0.717, 1.165) is 12.8 Å². The smallest absolute Gasteiger partial charge is 0.303 e. The van der Waals surface area contributed by atoms with Gasteiger partial charge in [0.05, 0.1) is 6.42 Å². The maximum Gasteiger partial charge on any atom is 0.303 e. The minimum atomic E-state index is -0.708. The number of allylic oxidation sites excluding steroid dienone is 4. The van der Waals surface area contributed by atoms with Crippen LogP contribution in [-0.4, -0.2) is 17.6 Å². The molecule has 0 saturated heterocycles. The molecular formula is C15H21NO2. The molecule has 3 rings (SSSR count). The number of hydrogen-bond acceptors (Lipinski definition) is 2. The Kier molecular flexibility index (Phi) is 2.81. The van der Waals surface area contributed by atoms with Crippen molar-refractivity contribution < 1.29 is 9.90 Å². The van der Waals surface area contributed by atoms with Crippen molar-refractivity contribution in [3.05, 3.63) is 23.3 Å². The molecule has 0 radical (unpaired) electrons. The standard InChI is InChI=1S/C15H21NO2/c16-9-15(8-14(17)18)7-12-5-11(6-13(12)15)10-3-1-2-4-10/h3,6,12-13H,1-2,4-5,7-9,16H2,(H,17,18)/t12-,13-,15-/m0/s1. The average Bonchev–Trinajstić information content (AvgIpc) is 2.93. The van der Waals surface area contributed by atoms with Crippen molar-refractivity contribution >= 4 is 5.97 Å². The van der Waals surface area contributed by atoms with Crippen LogP contribution in [0.5, 0.6) is 0 Å². The monoisotopic (exact) mass is 247 g/mol. The molecule has 0 heterocycles. The van der Waals surface area contributed by atoms with E-state index in [9.17, 15) is 4.79 Å². The molecule has 0 aliphatic heterocycles. The van der Waals surface area contributed by atoms with Crippen molar-refractivity contribution in [2.75, 3.05) is 6.54 Å². The Hall–Kier alpha value is -1.09. The maximum atomic E-state index is 11.0. The van der Waals surface area contributed by atoms with Crippen molar-refractivity contribution in [1.29, 1.82) is 0 Å². The number of fused-ring (bicyclic) bond motifs is 1. The first-order valence-electron chi connectivity index (χ1n) is 6.96. The molecule has 3 nitrogen and oxygen atoms in total. The number of carbonyl (C=O) groups is 1. The lowest BCUT2D eigenvalue weighted by Crippen LogP contribution is -2.51. The van der Waals surface area contributed by atoms with Crippen LogP contribution >= 0.6 is 0 Å². The zero-order chi connectivity index (χ0) is 12.8. The van der Waals surface area contributed by atoms with Crippen LogP contribution in [0.2, 0.25) is 0 Å². The minimum absolute atomic E-state index is 0.155. The van der Waals surface area contributed by atoms with Crippen LogP contribution in [0.4, 0.5) is 0 Å². The summed E-state index contributed by atoms with van der Waals surface area (Å²) >= 11 is 0. The fourth-order valence-corrected chi connectivity index (χ4v) is 4.19. The first-order chi connectivity index (χ1) is 8.64. The van der Waals surface area contributed by atoms with Crippen molar-refractivity contribution in [2.45, 2.75) is 38.5 Å². The second-order valence-corrected chi connectivity index (χ2v) is 6.14. The van der Waals surface area contributed by atoms with Gasteiger partial charge in [-0.25, -0.2) is 0 Å². The Balaban J connectivity index is 1.78. The van der Waals surface area contributed by atoms with Crippen molar-refractivity contribution in [3.63, 3.8) is 0 Å². The lowest BCUT2D eigenvalue weighted by atomic mass is 9.53. The van der Waals surface area contributed by atoms with Crippen LogP contribution in [0.15, 0.2) is 23.3 Å². The Morgan fingerprint density at radius 2 is 2.33 bits per heavy atom. The number of aliphatic carboxylic acids is 1. The van der Waals surface area contributed by atoms with Gasteiger partial charge in [0.25, 0.3) is 0 Å². The van der Waals surface area contributed by atoms with E-state index in [0.29, 0.717) is 18.4 Å². The minimum Gasteiger partial charge on any atom is -0.481 e. The third-order valence-corrected chi connectivity index (χ3v) is 5.11. The molecule has 3 aliphatic carbocycles. The molecule has 0 amide bonds. The van der Waals surface area contributed by atoms with E-state index in [4.69, 9.17) is 10.8 Å². The molecule has 1 fully saturated rings. The van der Waals surface area contributed by atoms with Crippen LogP contribution < -0.4 is 5.73 Å². The number of carboxylic acid groups (broad SMARTS) is 1. The highest BCUT2D eigenvalue weighted by atomic mass is 16.4. The molecule has 98 valence electrons. The molecule has 3 atom stereocenters.